The van der Waals surface area contributed by atoms with E-state index >= 15 is 0 Å². The molecule has 0 radical (unpaired) electrons. The van der Waals surface area contributed by atoms with E-state index in [0.29, 0.717) is 6.04 Å². The van der Waals surface area contributed by atoms with Crippen molar-refractivity contribution < 1.29 is 5.11 Å². The summed E-state index contributed by atoms with van der Waals surface area (Å²) in [6.07, 6.45) is 4.62. The molecule has 2 N–H and O–H groups in total. The molecule has 17 heavy (non-hydrogen) atoms. The summed E-state index contributed by atoms with van der Waals surface area (Å²) >= 11 is 0. The van der Waals surface area contributed by atoms with E-state index in [1.165, 1.54) is 12.8 Å². The molecule has 1 aliphatic carbocycles. The van der Waals surface area contributed by atoms with Gasteiger partial charge in [0.25, 0.3) is 0 Å². The van der Waals surface area contributed by atoms with E-state index in [9.17, 15) is 5.11 Å². The molecule has 2 unspecified atom stereocenters. The van der Waals surface area contributed by atoms with Crippen molar-refractivity contribution in [2.24, 2.45) is 0 Å². The molecule has 1 saturated carbocycles. The van der Waals surface area contributed by atoms with Gasteiger partial charge in [-0.3, -0.25) is 0 Å². The van der Waals surface area contributed by atoms with Crippen LogP contribution in [0, 0.1) is 0 Å². The van der Waals surface area contributed by atoms with Crippen molar-refractivity contribution in [2.45, 2.75) is 37.3 Å². The minimum atomic E-state index is -0.0463. The molecule has 2 atom stereocenters. The minimum Gasteiger partial charge on any atom is -0.394 e. The predicted molar refractivity (Wildman–Crippen MR) is 72.3 cm³/mol. The van der Waals surface area contributed by atoms with Crippen LogP contribution in [0.4, 0.5) is 0 Å². The molecule has 0 spiro atoms. The van der Waals surface area contributed by atoms with Crippen LogP contribution in [0.5, 0.6) is 0 Å². The smallest absolute Gasteiger partial charge is 0.0613 e. The van der Waals surface area contributed by atoms with Crippen LogP contribution in [0.2, 0.25) is 0 Å². The first-order valence-electron chi connectivity index (χ1n) is 6.68. The van der Waals surface area contributed by atoms with Gasteiger partial charge in [0, 0.05) is 24.7 Å². The van der Waals surface area contributed by atoms with Crippen LogP contribution < -0.4 is 5.32 Å². The normalized spacial score (nSPS) is 30.2. The maximum Gasteiger partial charge on any atom is 0.0613 e. The number of hydrogen-bond donors (Lipinski definition) is 2. The van der Waals surface area contributed by atoms with E-state index < -0.39 is 0 Å². The summed E-state index contributed by atoms with van der Waals surface area (Å²) in [5, 5.41) is 12.9. The van der Waals surface area contributed by atoms with E-state index in [2.05, 4.69) is 36.3 Å². The van der Waals surface area contributed by atoms with Gasteiger partial charge < -0.3 is 20.2 Å². The Balaban J connectivity index is 2.48. The molecule has 0 aromatic carbocycles. The van der Waals surface area contributed by atoms with Gasteiger partial charge in [0.1, 0.15) is 0 Å². The Bertz CT molecular complexity index is 217. The lowest BCUT2D eigenvalue weighted by atomic mass is 9.79. The van der Waals surface area contributed by atoms with Crippen molar-refractivity contribution in [1.29, 1.82) is 0 Å². The summed E-state index contributed by atoms with van der Waals surface area (Å²) in [5.74, 6) is 0. The largest absolute Gasteiger partial charge is 0.394 e. The average Bonchev–Trinajstić information content (AvgIpc) is 2.35. The van der Waals surface area contributed by atoms with Crippen LogP contribution >= 0.6 is 0 Å². The highest BCUT2D eigenvalue weighted by Gasteiger charge is 2.35. The Kier molecular flexibility index (Phi) is 5.86. The van der Waals surface area contributed by atoms with Gasteiger partial charge in [-0.15, -0.1) is 0 Å². The topological polar surface area (TPSA) is 38.7 Å². The van der Waals surface area contributed by atoms with E-state index in [-0.39, 0.29) is 12.1 Å². The van der Waals surface area contributed by atoms with Gasteiger partial charge in [-0.2, -0.15) is 0 Å². The molecule has 4 nitrogen and oxygen atoms in total. The molecule has 0 bridgehead atoms. The Morgan fingerprint density at radius 2 is 2.00 bits per heavy atom. The zero-order chi connectivity index (χ0) is 12.9. The van der Waals surface area contributed by atoms with Crippen molar-refractivity contribution in [3.8, 4) is 0 Å². The first-order chi connectivity index (χ1) is 8.03. The third-order valence-electron chi connectivity index (χ3n) is 4.18. The molecule has 0 saturated heterocycles. The minimum absolute atomic E-state index is 0.0463. The highest BCUT2D eigenvalue weighted by molar-refractivity contribution is 4.95. The first-order valence-corrected chi connectivity index (χ1v) is 6.68. The van der Waals surface area contributed by atoms with Gasteiger partial charge in [0.15, 0.2) is 0 Å². The number of likely N-dealkylation sites (N-methyl/N-ethyl adjacent to an activating group) is 3. The summed E-state index contributed by atoms with van der Waals surface area (Å²) in [5.41, 5.74) is -0.0463. The second-order valence-electron chi connectivity index (χ2n) is 5.72. The Labute approximate surface area is 106 Å². The third kappa shape index (κ3) is 4.21. The summed E-state index contributed by atoms with van der Waals surface area (Å²) in [7, 11) is 8.40. The maximum absolute atomic E-state index is 9.57. The molecular weight excluding hydrogens is 214 g/mol. The van der Waals surface area contributed by atoms with Gasteiger partial charge >= 0.3 is 0 Å². The van der Waals surface area contributed by atoms with Gasteiger partial charge in [-0.25, -0.2) is 0 Å². The third-order valence-corrected chi connectivity index (χ3v) is 4.18. The van der Waals surface area contributed by atoms with Gasteiger partial charge in [0.05, 0.1) is 6.61 Å². The average molecular weight is 243 g/mol. The summed E-state index contributed by atoms with van der Waals surface area (Å²) in [6.45, 7) is 2.45. The molecule has 0 heterocycles. The second-order valence-corrected chi connectivity index (χ2v) is 5.72. The second kappa shape index (κ2) is 6.69. The SMILES string of the molecule is CNC1(CO)CCCC(N(C)CCN(C)C)C1. The molecule has 102 valence electrons. The molecule has 1 rings (SSSR count). The summed E-state index contributed by atoms with van der Waals surface area (Å²) < 4.78 is 0. The fraction of sp³-hybridized carbons (Fsp3) is 1.00. The molecule has 0 aromatic heterocycles. The van der Waals surface area contributed by atoms with Crippen LogP contribution in [-0.2, 0) is 0 Å². The highest BCUT2D eigenvalue weighted by atomic mass is 16.3. The van der Waals surface area contributed by atoms with Crippen molar-refractivity contribution in [3.63, 3.8) is 0 Å². The number of nitrogens with zero attached hydrogens (tertiary/aromatic N) is 2. The number of aliphatic hydroxyl groups is 1. The van der Waals surface area contributed by atoms with Gasteiger partial charge in [-0.05, 0) is 53.9 Å². The fourth-order valence-electron chi connectivity index (χ4n) is 2.70. The fourth-order valence-corrected chi connectivity index (χ4v) is 2.70. The number of aliphatic hydroxyl groups excluding tert-OH is 1. The number of rotatable bonds is 6. The molecule has 0 aliphatic heterocycles. The molecule has 4 heteroatoms. The van der Waals surface area contributed by atoms with E-state index in [1.54, 1.807) is 0 Å². The predicted octanol–water partition coefficient (Wildman–Crippen LogP) is 0.373. The quantitative estimate of drug-likeness (QED) is 0.707. The van der Waals surface area contributed by atoms with Crippen molar-refractivity contribution in [3.05, 3.63) is 0 Å². The Morgan fingerprint density at radius 1 is 1.29 bits per heavy atom. The lowest BCUT2D eigenvalue weighted by molar-refractivity contribution is 0.0723. The van der Waals surface area contributed by atoms with E-state index in [1.807, 2.05) is 7.05 Å². The number of hydrogen-bond acceptors (Lipinski definition) is 4. The molecular formula is C13H29N3O. The standard InChI is InChI=1S/C13H29N3O/c1-14-13(11-17)7-5-6-12(10-13)16(4)9-8-15(2)3/h12,14,17H,5-11H2,1-4H3. The van der Waals surface area contributed by atoms with E-state index in [4.69, 9.17) is 0 Å². The summed E-state index contributed by atoms with van der Waals surface area (Å²) in [4.78, 5) is 4.66. The highest BCUT2D eigenvalue weighted by Crippen LogP contribution is 2.30. The monoisotopic (exact) mass is 243 g/mol. The van der Waals surface area contributed by atoms with Crippen LogP contribution in [0.15, 0.2) is 0 Å². The lowest BCUT2D eigenvalue weighted by Crippen LogP contribution is -2.54. The van der Waals surface area contributed by atoms with E-state index in [0.717, 1.165) is 25.9 Å². The van der Waals surface area contributed by atoms with Gasteiger partial charge in [-0.1, -0.05) is 0 Å². The van der Waals surface area contributed by atoms with Crippen LogP contribution in [0.3, 0.4) is 0 Å². The van der Waals surface area contributed by atoms with Crippen molar-refractivity contribution in [1.82, 2.24) is 15.1 Å². The van der Waals surface area contributed by atoms with Crippen LogP contribution in [0.25, 0.3) is 0 Å². The summed E-state index contributed by atoms with van der Waals surface area (Å²) in [6, 6.07) is 0.600. The van der Waals surface area contributed by atoms with Gasteiger partial charge in [0.2, 0.25) is 0 Å². The lowest BCUT2D eigenvalue weighted by Gasteiger charge is -2.43. The first kappa shape index (κ1) is 14.9. The maximum atomic E-state index is 9.57. The van der Waals surface area contributed by atoms with Crippen LogP contribution in [-0.4, -0.2) is 74.4 Å². The van der Waals surface area contributed by atoms with Crippen molar-refractivity contribution >= 4 is 0 Å². The molecule has 0 aromatic rings. The number of nitrogens with one attached hydrogen (secondary N) is 1. The van der Waals surface area contributed by atoms with Crippen LogP contribution in [0.1, 0.15) is 25.7 Å². The molecule has 1 aliphatic rings. The Hall–Kier alpha value is -0.160. The zero-order valence-corrected chi connectivity index (χ0v) is 11.9. The molecule has 0 amide bonds. The van der Waals surface area contributed by atoms with Crippen molar-refractivity contribution in [2.75, 3.05) is 47.9 Å². The molecule has 1 fully saturated rings. The zero-order valence-electron chi connectivity index (χ0n) is 11.9. The Morgan fingerprint density at radius 3 is 2.53 bits per heavy atom.